The predicted octanol–water partition coefficient (Wildman–Crippen LogP) is 2.36. The maximum Gasteiger partial charge on any atom is 0.0537 e. The van der Waals surface area contributed by atoms with Crippen molar-refractivity contribution in [1.82, 2.24) is 15.1 Å². The lowest BCUT2D eigenvalue weighted by atomic mass is 10.2. The van der Waals surface area contributed by atoms with Gasteiger partial charge in [0.15, 0.2) is 0 Å². The molecule has 0 saturated carbocycles. The molecule has 0 fully saturated rings. The summed E-state index contributed by atoms with van der Waals surface area (Å²) in [7, 11) is 0. The van der Waals surface area contributed by atoms with E-state index in [2.05, 4.69) is 36.4 Å². The van der Waals surface area contributed by atoms with Crippen molar-refractivity contribution in [2.45, 2.75) is 45.7 Å². The highest BCUT2D eigenvalue weighted by Crippen LogP contribution is 2.10. The Morgan fingerprint density at radius 2 is 2.38 bits per heavy atom. The fourth-order valence-electron chi connectivity index (χ4n) is 1.56. The minimum Gasteiger partial charge on any atom is -0.310 e. The van der Waals surface area contributed by atoms with E-state index < -0.39 is 0 Å². The van der Waals surface area contributed by atoms with Crippen LogP contribution >= 0.6 is 0 Å². The molecule has 1 atom stereocenters. The first kappa shape index (κ1) is 12.8. The molecule has 0 aliphatic carbocycles. The minimum absolute atomic E-state index is 0.367. The lowest BCUT2D eigenvalue weighted by Crippen LogP contribution is -2.19. The Hall–Kier alpha value is -1.27. The van der Waals surface area contributed by atoms with Gasteiger partial charge in [-0.2, -0.15) is 5.10 Å². The van der Waals surface area contributed by atoms with Gasteiger partial charge in [-0.3, -0.25) is 4.68 Å². The van der Waals surface area contributed by atoms with Crippen LogP contribution in [0.5, 0.6) is 0 Å². The average Bonchev–Trinajstić information content (AvgIpc) is 2.77. The van der Waals surface area contributed by atoms with Gasteiger partial charge in [0, 0.05) is 30.8 Å². The molecule has 3 heteroatoms. The van der Waals surface area contributed by atoms with E-state index in [4.69, 9.17) is 6.42 Å². The van der Waals surface area contributed by atoms with Crippen LogP contribution in [-0.4, -0.2) is 16.3 Å². The molecule has 1 aromatic rings. The van der Waals surface area contributed by atoms with Crippen molar-refractivity contribution in [1.29, 1.82) is 0 Å². The van der Waals surface area contributed by atoms with Crippen molar-refractivity contribution in [2.75, 3.05) is 6.54 Å². The van der Waals surface area contributed by atoms with Gasteiger partial charge >= 0.3 is 0 Å². The molecule has 16 heavy (non-hydrogen) atoms. The largest absolute Gasteiger partial charge is 0.310 e. The highest BCUT2D eigenvalue weighted by Gasteiger charge is 2.06. The third-order valence-electron chi connectivity index (χ3n) is 2.68. The first-order valence-corrected chi connectivity index (χ1v) is 5.97. The molecule has 0 spiro atoms. The van der Waals surface area contributed by atoms with Crippen LogP contribution in [0.4, 0.5) is 0 Å². The Balaban J connectivity index is 2.24. The zero-order valence-electron chi connectivity index (χ0n) is 10.2. The van der Waals surface area contributed by atoms with E-state index in [1.807, 2.05) is 10.9 Å². The first-order valence-electron chi connectivity index (χ1n) is 5.97. The Kier molecular flexibility index (Phi) is 5.66. The van der Waals surface area contributed by atoms with Crippen molar-refractivity contribution < 1.29 is 0 Å². The van der Waals surface area contributed by atoms with Gasteiger partial charge in [-0.1, -0.05) is 0 Å². The normalized spacial score (nSPS) is 12.3. The summed E-state index contributed by atoms with van der Waals surface area (Å²) >= 11 is 0. The average molecular weight is 219 g/mol. The molecule has 3 nitrogen and oxygen atoms in total. The first-order chi connectivity index (χ1) is 7.77. The third-order valence-corrected chi connectivity index (χ3v) is 2.68. The Labute approximate surface area is 98.2 Å². The molecule has 0 aliphatic rings. The Morgan fingerprint density at radius 1 is 1.56 bits per heavy atom. The van der Waals surface area contributed by atoms with E-state index in [-0.39, 0.29) is 0 Å². The summed E-state index contributed by atoms with van der Waals surface area (Å²) in [6.45, 7) is 6.20. The molecule has 0 amide bonds. The van der Waals surface area contributed by atoms with Gasteiger partial charge in [-0.05, 0) is 33.2 Å². The molecule has 1 N–H and O–H groups in total. The summed E-state index contributed by atoms with van der Waals surface area (Å²) in [4.78, 5) is 0. The smallest absolute Gasteiger partial charge is 0.0537 e. The Morgan fingerprint density at radius 3 is 3.00 bits per heavy atom. The quantitative estimate of drug-likeness (QED) is 0.563. The van der Waals surface area contributed by atoms with Gasteiger partial charge in [0.25, 0.3) is 0 Å². The number of aromatic nitrogens is 2. The fourth-order valence-corrected chi connectivity index (χ4v) is 1.56. The number of aryl methyl sites for hydroxylation is 1. The maximum atomic E-state index is 5.20. The standard InChI is InChI=1S/C13H21N3/c1-4-6-7-8-9-14-12(3)13-10-15-16(5-2)11-13/h1,10-12,14H,5-9H2,2-3H3. The predicted molar refractivity (Wildman–Crippen MR) is 67.0 cm³/mol. The van der Waals surface area contributed by atoms with Crippen LogP contribution in [0.15, 0.2) is 12.4 Å². The summed E-state index contributed by atoms with van der Waals surface area (Å²) in [5, 5.41) is 7.74. The summed E-state index contributed by atoms with van der Waals surface area (Å²) in [6, 6.07) is 0.367. The summed E-state index contributed by atoms with van der Waals surface area (Å²) in [5.41, 5.74) is 1.25. The second-order valence-electron chi connectivity index (χ2n) is 3.97. The molecule has 0 aliphatic heterocycles. The van der Waals surface area contributed by atoms with Gasteiger partial charge in [0.2, 0.25) is 0 Å². The highest BCUT2D eigenvalue weighted by atomic mass is 15.3. The summed E-state index contributed by atoms with van der Waals surface area (Å²) in [6.07, 6.45) is 12.3. The summed E-state index contributed by atoms with van der Waals surface area (Å²) < 4.78 is 1.95. The molecule has 0 radical (unpaired) electrons. The summed E-state index contributed by atoms with van der Waals surface area (Å²) in [5.74, 6) is 2.66. The lowest BCUT2D eigenvalue weighted by molar-refractivity contribution is 0.548. The van der Waals surface area contributed by atoms with E-state index in [9.17, 15) is 0 Å². The van der Waals surface area contributed by atoms with Crippen molar-refractivity contribution in [2.24, 2.45) is 0 Å². The van der Waals surface area contributed by atoms with E-state index in [1.54, 1.807) is 0 Å². The van der Waals surface area contributed by atoms with Crippen LogP contribution in [0.3, 0.4) is 0 Å². The van der Waals surface area contributed by atoms with Crippen molar-refractivity contribution >= 4 is 0 Å². The van der Waals surface area contributed by atoms with E-state index in [0.29, 0.717) is 6.04 Å². The van der Waals surface area contributed by atoms with Gasteiger partial charge in [-0.25, -0.2) is 0 Å². The van der Waals surface area contributed by atoms with Crippen molar-refractivity contribution in [3.8, 4) is 12.3 Å². The lowest BCUT2D eigenvalue weighted by Gasteiger charge is -2.11. The number of rotatable bonds is 7. The fraction of sp³-hybridized carbons (Fsp3) is 0.615. The van der Waals surface area contributed by atoms with Gasteiger partial charge in [0.05, 0.1) is 6.20 Å². The van der Waals surface area contributed by atoms with E-state index >= 15 is 0 Å². The van der Waals surface area contributed by atoms with Gasteiger partial charge < -0.3 is 5.32 Å². The number of unbranched alkanes of at least 4 members (excludes halogenated alkanes) is 2. The molecule has 0 bridgehead atoms. The van der Waals surface area contributed by atoms with Gasteiger partial charge in [0.1, 0.15) is 0 Å². The zero-order valence-corrected chi connectivity index (χ0v) is 10.2. The third kappa shape index (κ3) is 4.08. The number of nitrogens with one attached hydrogen (secondary N) is 1. The monoisotopic (exact) mass is 219 g/mol. The van der Waals surface area contributed by atoms with Crippen molar-refractivity contribution in [3.05, 3.63) is 18.0 Å². The van der Waals surface area contributed by atoms with E-state index in [0.717, 1.165) is 32.4 Å². The second kappa shape index (κ2) is 7.08. The zero-order chi connectivity index (χ0) is 11.8. The van der Waals surface area contributed by atoms with Crippen LogP contribution in [0.2, 0.25) is 0 Å². The molecule has 88 valence electrons. The molecule has 0 saturated heterocycles. The highest BCUT2D eigenvalue weighted by molar-refractivity contribution is 5.08. The molecule has 1 heterocycles. The molecule has 1 unspecified atom stereocenters. The SMILES string of the molecule is C#CCCCCNC(C)c1cnn(CC)c1. The topological polar surface area (TPSA) is 29.9 Å². The van der Waals surface area contributed by atoms with Crippen LogP contribution in [-0.2, 0) is 6.54 Å². The van der Waals surface area contributed by atoms with Crippen LogP contribution in [0.1, 0.15) is 44.7 Å². The van der Waals surface area contributed by atoms with Crippen LogP contribution < -0.4 is 5.32 Å². The molecule has 1 aromatic heterocycles. The maximum absolute atomic E-state index is 5.20. The molecular weight excluding hydrogens is 198 g/mol. The number of terminal acetylenes is 1. The van der Waals surface area contributed by atoms with Crippen LogP contribution in [0.25, 0.3) is 0 Å². The molecule has 1 rings (SSSR count). The number of nitrogens with zero attached hydrogens (tertiary/aromatic N) is 2. The number of hydrogen-bond acceptors (Lipinski definition) is 2. The van der Waals surface area contributed by atoms with E-state index in [1.165, 1.54) is 5.56 Å². The van der Waals surface area contributed by atoms with Crippen LogP contribution in [0, 0.1) is 12.3 Å². The molecular formula is C13H21N3. The Bertz CT molecular complexity index is 335. The van der Waals surface area contributed by atoms with Gasteiger partial charge in [-0.15, -0.1) is 12.3 Å². The second-order valence-corrected chi connectivity index (χ2v) is 3.97. The van der Waals surface area contributed by atoms with Crippen molar-refractivity contribution in [3.63, 3.8) is 0 Å². The molecule has 0 aromatic carbocycles. The number of hydrogen-bond donors (Lipinski definition) is 1. The minimum atomic E-state index is 0.367.